The van der Waals surface area contributed by atoms with Gasteiger partial charge in [-0.3, -0.25) is 9.59 Å². The SMILES string of the molecule is CC(C)(C)C(=O)Nc1nnc(SCC(=O)Nc2cccc3ccccc23)s1. The molecule has 0 spiro atoms. The highest BCUT2D eigenvalue weighted by Gasteiger charge is 2.22. The van der Waals surface area contributed by atoms with Crippen molar-refractivity contribution in [2.75, 3.05) is 16.4 Å². The van der Waals surface area contributed by atoms with Crippen molar-refractivity contribution in [3.05, 3.63) is 42.5 Å². The Labute approximate surface area is 165 Å². The molecule has 0 aliphatic carbocycles. The van der Waals surface area contributed by atoms with Gasteiger partial charge >= 0.3 is 0 Å². The van der Waals surface area contributed by atoms with E-state index in [1.165, 1.54) is 23.1 Å². The van der Waals surface area contributed by atoms with Gasteiger partial charge in [0, 0.05) is 16.5 Å². The summed E-state index contributed by atoms with van der Waals surface area (Å²) in [5, 5.41) is 16.2. The second kappa shape index (κ2) is 8.06. The monoisotopic (exact) mass is 400 g/mol. The Balaban J connectivity index is 1.57. The number of hydrogen-bond donors (Lipinski definition) is 2. The standard InChI is InChI=1S/C19H20N4O2S2/c1-19(2,3)16(25)21-17-22-23-18(27-17)26-11-15(24)20-14-10-6-8-12-7-4-5-9-13(12)14/h4-10H,11H2,1-3H3,(H,20,24)(H,21,22,25). The molecule has 2 N–H and O–H groups in total. The number of rotatable bonds is 5. The number of nitrogens with one attached hydrogen (secondary N) is 2. The first kappa shape index (κ1) is 19.3. The number of anilines is 2. The van der Waals surface area contributed by atoms with Gasteiger partial charge in [-0.25, -0.2) is 0 Å². The number of amides is 2. The lowest BCUT2D eigenvalue weighted by Gasteiger charge is -2.15. The van der Waals surface area contributed by atoms with Crippen LogP contribution in [0.4, 0.5) is 10.8 Å². The minimum atomic E-state index is -0.503. The maximum absolute atomic E-state index is 12.3. The molecule has 0 radical (unpaired) electrons. The van der Waals surface area contributed by atoms with Crippen LogP contribution in [0.5, 0.6) is 0 Å². The van der Waals surface area contributed by atoms with Crippen LogP contribution in [0.15, 0.2) is 46.8 Å². The molecule has 3 rings (SSSR count). The fraction of sp³-hybridized carbons (Fsp3) is 0.263. The normalized spacial score (nSPS) is 11.4. The molecule has 8 heteroatoms. The highest BCUT2D eigenvalue weighted by atomic mass is 32.2. The molecule has 0 bridgehead atoms. The Bertz CT molecular complexity index is 974. The van der Waals surface area contributed by atoms with E-state index in [0.29, 0.717) is 9.47 Å². The smallest absolute Gasteiger partial charge is 0.234 e. The molecule has 0 saturated carbocycles. The molecule has 27 heavy (non-hydrogen) atoms. The first-order valence-electron chi connectivity index (χ1n) is 8.38. The van der Waals surface area contributed by atoms with Gasteiger partial charge in [-0.2, -0.15) is 0 Å². The number of nitrogens with zero attached hydrogens (tertiary/aromatic N) is 2. The zero-order chi connectivity index (χ0) is 19.4. The molecule has 0 unspecified atom stereocenters. The predicted molar refractivity (Wildman–Crippen MR) is 111 cm³/mol. The molecular weight excluding hydrogens is 380 g/mol. The molecule has 0 aliphatic heterocycles. The summed E-state index contributed by atoms with van der Waals surface area (Å²) in [7, 11) is 0. The van der Waals surface area contributed by atoms with E-state index in [2.05, 4.69) is 20.8 Å². The number of carbonyl (C=O) groups is 2. The van der Waals surface area contributed by atoms with Gasteiger partial charge in [0.1, 0.15) is 0 Å². The number of fused-ring (bicyclic) bond motifs is 1. The second-order valence-electron chi connectivity index (χ2n) is 6.94. The molecule has 0 fully saturated rings. The quantitative estimate of drug-likeness (QED) is 0.490. The Morgan fingerprint density at radius 1 is 1.04 bits per heavy atom. The zero-order valence-electron chi connectivity index (χ0n) is 15.3. The first-order chi connectivity index (χ1) is 12.8. The van der Waals surface area contributed by atoms with Crippen LogP contribution >= 0.6 is 23.1 Å². The Kier molecular flexibility index (Phi) is 5.76. The number of carbonyl (C=O) groups excluding carboxylic acids is 2. The molecule has 0 saturated heterocycles. The number of aromatic nitrogens is 2. The lowest BCUT2D eigenvalue weighted by Crippen LogP contribution is -2.27. The fourth-order valence-electron chi connectivity index (χ4n) is 2.25. The van der Waals surface area contributed by atoms with E-state index in [9.17, 15) is 9.59 Å². The van der Waals surface area contributed by atoms with Crippen molar-refractivity contribution in [3.8, 4) is 0 Å². The maximum atomic E-state index is 12.3. The van der Waals surface area contributed by atoms with Crippen molar-refractivity contribution in [2.45, 2.75) is 25.1 Å². The Hall–Kier alpha value is -2.45. The summed E-state index contributed by atoms with van der Waals surface area (Å²) in [4.78, 5) is 24.3. The molecule has 140 valence electrons. The third-order valence-corrected chi connectivity index (χ3v) is 5.67. The summed E-state index contributed by atoms with van der Waals surface area (Å²) < 4.78 is 0.632. The molecule has 0 atom stereocenters. The van der Waals surface area contributed by atoms with Crippen LogP contribution in [0.25, 0.3) is 10.8 Å². The van der Waals surface area contributed by atoms with Crippen LogP contribution in [0, 0.1) is 5.41 Å². The lowest BCUT2D eigenvalue weighted by atomic mass is 9.96. The predicted octanol–water partition coefficient (Wildman–Crippen LogP) is 4.41. The van der Waals surface area contributed by atoms with Gasteiger partial charge in [0.05, 0.1) is 5.75 Å². The highest BCUT2D eigenvalue weighted by Crippen LogP contribution is 2.28. The van der Waals surface area contributed by atoms with Crippen molar-refractivity contribution in [2.24, 2.45) is 5.41 Å². The Morgan fingerprint density at radius 2 is 1.78 bits per heavy atom. The van der Waals surface area contributed by atoms with Gasteiger partial charge in [-0.05, 0) is 11.5 Å². The molecule has 1 heterocycles. The van der Waals surface area contributed by atoms with E-state index in [1.807, 2.05) is 63.2 Å². The van der Waals surface area contributed by atoms with Crippen molar-refractivity contribution < 1.29 is 9.59 Å². The number of thioether (sulfide) groups is 1. The average Bonchev–Trinajstić information content (AvgIpc) is 3.07. The van der Waals surface area contributed by atoms with Crippen molar-refractivity contribution in [1.82, 2.24) is 10.2 Å². The fourth-order valence-corrected chi connectivity index (χ4v) is 3.80. The molecule has 0 aliphatic rings. The van der Waals surface area contributed by atoms with Crippen LogP contribution in [0.1, 0.15) is 20.8 Å². The van der Waals surface area contributed by atoms with Gasteiger partial charge < -0.3 is 10.6 Å². The van der Waals surface area contributed by atoms with E-state index in [1.54, 1.807) is 0 Å². The molecule has 1 aromatic heterocycles. The minimum absolute atomic E-state index is 0.119. The summed E-state index contributed by atoms with van der Waals surface area (Å²) in [6.07, 6.45) is 0. The van der Waals surface area contributed by atoms with E-state index < -0.39 is 5.41 Å². The van der Waals surface area contributed by atoms with Crippen LogP contribution in [0.3, 0.4) is 0 Å². The van der Waals surface area contributed by atoms with Gasteiger partial charge in [0.2, 0.25) is 16.9 Å². The summed E-state index contributed by atoms with van der Waals surface area (Å²) >= 11 is 2.55. The molecule has 2 amide bonds. The van der Waals surface area contributed by atoms with Crippen LogP contribution in [-0.4, -0.2) is 27.8 Å². The summed E-state index contributed by atoms with van der Waals surface area (Å²) in [5.74, 6) is -0.0267. The number of benzene rings is 2. The third kappa shape index (κ3) is 5.05. The highest BCUT2D eigenvalue weighted by molar-refractivity contribution is 8.01. The number of hydrogen-bond acceptors (Lipinski definition) is 6. The summed E-state index contributed by atoms with van der Waals surface area (Å²) in [6.45, 7) is 5.49. The lowest BCUT2D eigenvalue weighted by molar-refractivity contribution is -0.123. The topological polar surface area (TPSA) is 84.0 Å². The molecular formula is C19H20N4O2S2. The van der Waals surface area contributed by atoms with Crippen molar-refractivity contribution in [1.29, 1.82) is 0 Å². The van der Waals surface area contributed by atoms with Crippen LogP contribution in [0.2, 0.25) is 0 Å². The van der Waals surface area contributed by atoms with E-state index in [0.717, 1.165) is 16.5 Å². The van der Waals surface area contributed by atoms with Gasteiger partial charge in [-0.15, -0.1) is 10.2 Å². The van der Waals surface area contributed by atoms with E-state index in [-0.39, 0.29) is 17.6 Å². The largest absolute Gasteiger partial charge is 0.325 e. The van der Waals surface area contributed by atoms with Crippen LogP contribution < -0.4 is 10.6 Å². The second-order valence-corrected chi connectivity index (χ2v) is 9.14. The molecule has 3 aromatic rings. The van der Waals surface area contributed by atoms with E-state index in [4.69, 9.17) is 0 Å². The molecule has 6 nitrogen and oxygen atoms in total. The van der Waals surface area contributed by atoms with Crippen molar-refractivity contribution in [3.63, 3.8) is 0 Å². The Morgan fingerprint density at radius 3 is 2.56 bits per heavy atom. The minimum Gasteiger partial charge on any atom is -0.325 e. The summed E-state index contributed by atoms with van der Waals surface area (Å²) in [6, 6.07) is 13.7. The van der Waals surface area contributed by atoms with Gasteiger partial charge in [-0.1, -0.05) is 80.3 Å². The van der Waals surface area contributed by atoms with Gasteiger partial charge in [0.25, 0.3) is 0 Å². The molecule has 2 aromatic carbocycles. The van der Waals surface area contributed by atoms with E-state index >= 15 is 0 Å². The van der Waals surface area contributed by atoms with Gasteiger partial charge in [0.15, 0.2) is 4.34 Å². The van der Waals surface area contributed by atoms with Crippen LogP contribution in [-0.2, 0) is 9.59 Å². The van der Waals surface area contributed by atoms with Crippen molar-refractivity contribution >= 4 is 56.5 Å². The summed E-state index contributed by atoms with van der Waals surface area (Å²) in [5.41, 5.74) is 0.284. The zero-order valence-corrected chi connectivity index (χ0v) is 16.9. The first-order valence-corrected chi connectivity index (χ1v) is 10.2. The average molecular weight is 401 g/mol. The maximum Gasteiger partial charge on any atom is 0.234 e. The third-order valence-electron chi connectivity index (χ3n) is 3.70.